The highest BCUT2D eigenvalue weighted by molar-refractivity contribution is 8.26. The summed E-state index contributed by atoms with van der Waals surface area (Å²) in [5, 5.41) is 4.84. The van der Waals surface area contributed by atoms with Gasteiger partial charge in [-0.3, -0.25) is 9.69 Å². The lowest BCUT2D eigenvalue weighted by atomic mass is 10.1. The number of hydrogen-bond donors (Lipinski definition) is 0. The number of hydrogen-bond acceptors (Lipinski definition) is 6. The van der Waals surface area contributed by atoms with E-state index in [4.69, 9.17) is 17.3 Å². The van der Waals surface area contributed by atoms with E-state index in [0.29, 0.717) is 52.1 Å². The van der Waals surface area contributed by atoms with Crippen LogP contribution in [-0.2, 0) is 21.2 Å². The minimum absolute atomic E-state index is 0.146. The van der Waals surface area contributed by atoms with E-state index >= 15 is 0 Å². The van der Waals surface area contributed by atoms with Crippen LogP contribution in [0.3, 0.4) is 0 Å². The first-order chi connectivity index (χ1) is 19.8. The topological polar surface area (TPSA) is 75.5 Å². The molecule has 4 aromatic rings. The van der Waals surface area contributed by atoms with E-state index in [-0.39, 0.29) is 10.8 Å². The summed E-state index contributed by atoms with van der Waals surface area (Å²) in [6.45, 7) is 4.89. The molecule has 7 nitrogen and oxygen atoms in total. The third-order valence-corrected chi connectivity index (χ3v) is 10.3. The number of carbonyl (C=O) groups is 1. The monoisotopic (exact) mass is 602 g/mol. The molecule has 2 heterocycles. The van der Waals surface area contributed by atoms with Crippen LogP contribution in [0.4, 0.5) is 0 Å². The van der Waals surface area contributed by atoms with Gasteiger partial charge < -0.3 is 0 Å². The van der Waals surface area contributed by atoms with Crippen molar-refractivity contribution in [2.45, 2.75) is 25.2 Å². The van der Waals surface area contributed by atoms with Gasteiger partial charge in [-0.25, -0.2) is 13.1 Å². The van der Waals surface area contributed by atoms with Crippen molar-refractivity contribution in [3.05, 3.63) is 107 Å². The number of nitrogens with zero attached hydrogens (tertiary/aromatic N) is 4. The maximum atomic E-state index is 13.4. The molecule has 1 aliphatic rings. The highest BCUT2D eigenvalue weighted by atomic mass is 32.2. The van der Waals surface area contributed by atoms with E-state index in [2.05, 4.69) is 0 Å². The summed E-state index contributed by atoms with van der Waals surface area (Å²) < 4.78 is 30.2. The molecular formula is C31H30N4O3S3. The Balaban J connectivity index is 1.52. The Kier molecular flexibility index (Phi) is 8.84. The number of rotatable bonds is 10. The third kappa shape index (κ3) is 6.20. The molecule has 1 fully saturated rings. The van der Waals surface area contributed by atoms with Gasteiger partial charge in [0.2, 0.25) is 10.0 Å². The number of thiocarbonyl (C=S) groups is 1. The summed E-state index contributed by atoms with van der Waals surface area (Å²) in [6, 6.07) is 26.4. The van der Waals surface area contributed by atoms with E-state index in [1.165, 1.54) is 16.1 Å². The van der Waals surface area contributed by atoms with Gasteiger partial charge in [0.25, 0.3) is 5.91 Å². The van der Waals surface area contributed by atoms with Crippen molar-refractivity contribution in [3.63, 3.8) is 0 Å². The van der Waals surface area contributed by atoms with Gasteiger partial charge in [0.15, 0.2) is 0 Å². The molecule has 0 atom stereocenters. The second kappa shape index (κ2) is 12.5. The van der Waals surface area contributed by atoms with E-state index in [0.717, 1.165) is 11.3 Å². The van der Waals surface area contributed by atoms with Crippen LogP contribution in [0, 0.1) is 0 Å². The molecule has 1 saturated heterocycles. The van der Waals surface area contributed by atoms with Crippen LogP contribution in [0.1, 0.15) is 25.0 Å². The predicted molar refractivity (Wildman–Crippen MR) is 169 cm³/mol. The second-order valence-corrected chi connectivity index (χ2v) is 13.0. The van der Waals surface area contributed by atoms with Gasteiger partial charge in [-0.15, -0.1) is 0 Å². The Morgan fingerprint density at radius 3 is 2.32 bits per heavy atom. The highest BCUT2D eigenvalue weighted by Crippen LogP contribution is 2.35. The number of para-hydroxylation sites is 1. The number of amides is 1. The minimum atomic E-state index is -3.66. The molecular weight excluding hydrogens is 573 g/mol. The van der Waals surface area contributed by atoms with Crippen molar-refractivity contribution in [2.24, 2.45) is 0 Å². The molecule has 41 heavy (non-hydrogen) atoms. The third-order valence-electron chi connectivity index (χ3n) is 6.84. The smallest absolute Gasteiger partial charge is 0.266 e. The normalized spacial score (nSPS) is 14.9. The van der Waals surface area contributed by atoms with E-state index < -0.39 is 10.0 Å². The van der Waals surface area contributed by atoms with Gasteiger partial charge in [0.05, 0.1) is 15.5 Å². The Morgan fingerprint density at radius 2 is 1.63 bits per heavy atom. The van der Waals surface area contributed by atoms with Crippen molar-refractivity contribution < 1.29 is 13.2 Å². The fraction of sp³-hybridized carbons (Fsp3) is 0.194. The van der Waals surface area contributed by atoms with Crippen molar-refractivity contribution in [3.8, 4) is 16.9 Å². The Morgan fingerprint density at radius 1 is 0.951 bits per heavy atom. The van der Waals surface area contributed by atoms with E-state index in [9.17, 15) is 13.2 Å². The highest BCUT2D eigenvalue weighted by Gasteiger charge is 2.32. The maximum Gasteiger partial charge on any atom is 0.266 e. The second-order valence-electron chi connectivity index (χ2n) is 9.40. The summed E-state index contributed by atoms with van der Waals surface area (Å²) in [4.78, 5) is 15.8. The molecule has 1 amide bonds. The number of aromatic nitrogens is 2. The zero-order valence-corrected chi connectivity index (χ0v) is 25.3. The summed E-state index contributed by atoms with van der Waals surface area (Å²) >= 11 is 6.84. The molecule has 3 aromatic carbocycles. The van der Waals surface area contributed by atoms with E-state index in [1.54, 1.807) is 33.9 Å². The fourth-order valence-corrected chi connectivity index (χ4v) is 7.47. The van der Waals surface area contributed by atoms with Crippen LogP contribution in [-0.4, -0.2) is 57.3 Å². The van der Waals surface area contributed by atoms with Crippen molar-refractivity contribution >= 4 is 50.3 Å². The summed E-state index contributed by atoms with van der Waals surface area (Å²) in [7, 11) is -3.66. The first kappa shape index (κ1) is 28.9. The number of benzene rings is 3. The Labute approximate surface area is 250 Å². The number of sulfonamides is 1. The zero-order chi connectivity index (χ0) is 29.0. The predicted octanol–water partition coefficient (Wildman–Crippen LogP) is 6.01. The molecule has 0 bridgehead atoms. The molecule has 0 saturated carbocycles. The average molecular weight is 603 g/mol. The molecule has 5 rings (SSSR count). The molecule has 1 aromatic heterocycles. The molecule has 0 aliphatic carbocycles. The molecule has 1 aliphatic heterocycles. The lowest BCUT2D eigenvalue weighted by Crippen LogP contribution is -2.30. The molecule has 0 radical (unpaired) electrons. The van der Waals surface area contributed by atoms with Crippen LogP contribution >= 0.6 is 24.0 Å². The summed E-state index contributed by atoms with van der Waals surface area (Å²) in [6.07, 6.45) is 4.35. The van der Waals surface area contributed by atoms with Gasteiger partial charge >= 0.3 is 0 Å². The lowest BCUT2D eigenvalue weighted by Gasteiger charge is -2.18. The van der Waals surface area contributed by atoms with Crippen LogP contribution in [0.15, 0.2) is 101 Å². The Bertz CT molecular complexity index is 1700. The Hall–Kier alpha value is -3.57. The van der Waals surface area contributed by atoms with Gasteiger partial charge in [0.1, 0.15) is 10.0 Å². The largest absolute Gasteiger partial charge is 0.293 e. The molecule has 210 valence electrons. The van der Waals surface area contributed by atoms with Crippen LogP contribution < -0.4 is 0 Å². The minimum Gasteiger partial charge on any atom is -0.293 e. The van der Waals surface area contributed by atoms with Crippen molar-refractivity contribution in [2.75, 3.05) is 19.6 Å². The maximum absolute atomic E-state index is 13.4. The van der Waals surface area contributed by atoms with Crippen LogP contribution in [0.5, 0.6) is 0 Å². The summed E-state index contributed by atoms with van der Waals surface area (Å²) in [5.41, 5.74) is 3.88. The fourth-order valence-electron chi connectivity index (χ4n) is 4.67. The van der Waals surface area contributed by atoms with Crippen LogP contribution in [0.2, 0.25) is 0 Å². The standard InChI is InChI=1S/C31H30N4O3S3/c1-3-33(4-2)41(37,38)27-17-11-14-24(20-27)29-25(22-35(32-29)26-15-9-6-10-16-26)21-28-30(36)34(31(39)40-28)19-18-23-12-7-5-8-13-23/h5-17,20-22H,3-4,18-19H2,1-2H3/b28-21-. The van der Waals surface area contributed by atoms with Gasteiger partial charge in [-0.05, 0) is 42.3 Å². The first-order valence-electron chi connectivity index (χ1n) is 13.4. The summed E-state index contributed by atoms with van der Waals surface area (Å²) in [5.74, 6) is -0.146. The quantitative estimate of drug-likeness (QED) is 0.163. The van der Waals surface area contributed by atoms with E-state index in [1.807, 2.05) is 86.8 Å². The molecule has 10 heteroatoms. The molecule has 0 N–H and O–H groups in total. The van der Waals surface area contributed by atoms with Crippen molar-refractivity contribution in [1.29, 1.82) is 0 Å². The van der Waals surface area contributed by atoms with Gasteiger partial charge in [-0.2, -0.15) is 9.40 Å². The van der Waals surface area contributed by atoms with Gasteiger partial charge in [0, 0.05) is 37.0 Å². The first-order valence-corrected chi connectivity index (χ1v) is 16.0. The van der Waals surface area contributed by atoms with Crippen molar-refractivity contribution in [1.82, 2.24) is 19.0 Å². The number of carbonyl (C=O) groups excluding carboxylic acids is 1. The molecule has 0 spiro atoms. The SMILES string of the molecule is CCN(CC)S(=O)(=O)c1cccc(-c2nn(-c3ccccc3)cc2/C=C2\SC(=S)N(CCc3ccccc3)C2=O)c1. The zero-order valence-electron chi connectivity index (χ0n) is 22.8. The average Bonchev–Trinajstić information content (AvgIpc) is 3.53. The lowest BCUT2D eigenvalue weighted by molar-refractivity contribution is -0.122. The molecule has 0 unspecified atom stereocenters. The number of thioether (sulfide) groups is 1. The van der Waals surface area contributed by atoms with Gasteiger partial charge in [-0.1, -0.05) is 98.5 Å². The van der Waals surface area contributed by atoms with Crippen LogP contribution in [0.25, 0.3) is 23.0 Å².